The molecule has 7 nitrogen and oxygen atoms in total. The summed E-state index contributed by atoms with van der Waals surface area (Å²) >= 11 is 0. The van der Waals surface area contributed by atoms with Crippen molar-refractivity contribution in [1.82, 2.24) is 14.5 Å². The molecule has 2 aliphatic rings. The standard InChI is InChI=1S/C23H24N4O3/c1-14-9-11-26(14)23-24-18-4-2-3-17(18)22(25-23)16-6-5-15-7-8-20(28)27(19(15)13-16)12-10-21(29)30/h5-8,13-14H,2-4,9-12H2,1H3,(H,29,30)/t14-/m0/s1. The third-order valence-electron chi connectivity index (χ3n) is 6.31. The molecule has 154 valence electrons. The molecule has 0 spiro atoms. The molecule has 0 unspecified atom stereocenters. The van der Waals surface area contributed by atoms with Crippen molar-refractivity contribution in [2.75, 3.05) is 11.4 Å². The van der Waals surface area contributed by atoms with E-state index in [0.29, 0.717) is 6.04 Å². The number of hydrogen-bond donors (Lipinski definition) is 1. The van der Waals surface area contributed by atoms with E-state index >= 15 is 0 Å². The summed E-state index contributed by atoms with van der Waals surface area (Å²) in [5, 5.41) is 9.98. The lowest BCUT2D eigenvalue weighted by molar-refractivity contribution is -0.137. The molecule has 5 rings (SSSR count). The van der Waals surface area contributed by atoms with Crippen molar-refractivity contribution in [3.63, 3.8) is 0 Å². The van der Waals surface area contributed by atoms with Crippen molar-refractivity contribution >= 4 is 22.8 Å². The molecule has 0 saturated carbocycles. The Morgan fingerprint density at radius 2 is 2.03 bits per heavy atom. The van der Waals surface area contributed by atoms with Crippen LogP contribution in [0.5, 0.6) is 0 Å². The van der Waals surface area contributed by atoms with Gasteiger partial charge in [-0.15, -0.1) is 0 Å². The van der Waals surface area contributed by atoms with Crippen LogP contribution in [0, 0.1) is 0 Å². The quantitative estimate of drug-likeness (QED) is 0.703. The second-order valence-corrected chi connectivity index (χ2v) is 8.22. The molecule has 7 heteroatoms. The third kappa shape index (κ3) is 3.14. The summed E-state index contributed by atoms with van der Waals surface area (Å²) < 4.78 is 1.55. The molecule has 0 bridgehead atoms. The summed E-state index contributed by atoms with van der Waals surface area (Å²) in [6.07, 6.45) is 4.06. The van der Waals surface area contributed by atoms with Crippen LogP contribution in [0.4, 0.5) is 5.95 Å². The minimum Gasteiger partial charge on any atom is -0.481 e. The van der Waals surface area contributed by atoms with Gasteiger partial charge in [0.25, 0.3) is 5.56 Å². The number of aromatic nitrogens is 3. The number of rotatable bonds is 5. The number of pyridine rings is 1. The number of carbonyl (C=O) groups is 1. The van der Waals surface area contributed by atoms with Gasteiger partial charge in [-0.25, -0.2) is 9.97 Å². The van der Waals surface area contributed by atoms with Gasteiger partial charge >= 0.3 is 5.97 Å². The van der Waals surface area contributed by atoms with Gasteiger partial charge < -0.3 is 14.6 Å². The number of aryl methyl sites for hydroxylation is 2. The number of anilines is 1. The number of benzene rings is 1. The Hall–Kier alpha value is -3.22. The monoisotopic (exact) mass is 404 g/mol. The molecule has 2 aromatic heterocycles. The molecule has 3 heterocycles. The molecular formula is C23H24N4O3. The number of nitrogens with zero attached hydrogens (tertiary/aromatic N) is 4. The largest absolute Gasteiger partial charge is 0.481 e. The first-order chi connectivity index (χ1) is 14.5. The SMILES string of the molecule is C[C@H]1CCN1c1nc2c(c(-c3ccc4ccc(=O)n(CCC(=O)O)c4c3)n1)CCC2. The van der Waals surface area contributed by atoms with E-state index < -0.39 is 5.97 Å². The van der Waals surface area contributed by atoms with Crippen LogP contribution in [0.1, 0.15) is 37.4 Å². The van der Waals surface area contributed by atoms with Crippen molar-refractivity contribution in [3.05, 3.63) is 51.9 Å². The minimum atomic E-state index is -0.919. The van der Waals surface area contributed by atoms with Crippen molar-refractivity contribution < 1.29 is 9.90 Å². The van der Waals surface area contributed by atoms with Gasteiger partial charge in [0, 0.05) is 42.0 Å². The maximum Gasteiger partial charge on any atom is 0.305 e. The smallest absolute Gasteiger partial charge is 0.305 e. The van der Waals surface area contributed by atoms with Gasteiger partial charge in [0.1, 0.15) is 0 Å². The van der Waals surface area contributed by atoms with E-state index in [9.17, 15) is 9.59 Å². The minimum absolute atomic E-state index is 0.0941. The molecule has 1 N–H and O–H groups in total. The van der Waals surface area contributed by atoms with Crippen LogP contribution in [0.15, 0.2) is 35.1 Å². The lowest BCUT2D eigenvalue weighted by Crippen LogP contribution is -2.46. The number of aliphatic carboxylic acids is 1. The average Bonchev–Trinajstić information content (AvgIpc) is 3.19. The topological polar surface area (TPSA) is 88.3 Å². The van der Waals surface area contributed by atoms with E-state index in [4.69, 9.17) is 15.1 Å². The zero-order valence-corrected chi connectivity index (χ0v) is 17.0. The second-order valence-electron chi connectivity index (χ2n) is 8.22. The Morgan fingerprint density at radius 3 is 2.77 bits per heavy atom. The lowest BCUT2D eigenvalue weighted by Gasteiger charge is -2.39. The first kappa shape index (κ1) is 18.8. The van der Waals surface area contributed by atoms with Crippen molar-refractivity contribution in [3.8, 4) is 11.3 Å². The Bertz CT molecular complexity index is 1220. The number of carboxylic acids is 1. The molecule has 1 saturated heterocycles. The highest BCUT2D eigenvalue weighted by Crippen LogP contribution is 2.34. The van der Waals surface area contributed by atoms with Crippen molar-refractivity contribution in [2.24, 2.45) is 0 Å². The van der Waals surface area contributed by atoms with Gasteiger partial charge in [0.2, 0.25) is 5.95 Å². The van der Waals surface area contributed by atoms with Crippen LogP contribution in [0.25, 0.3) is 22.2 Å². The maximum absolute atomic E-state index is 12.4. The molecule has 1 aromatic carbocycles. The van der Waals surface area contributed by atoms with E-state index in [0.717, 1.165) is 66.0 Å². The molecule has 1 atom stereocenters. The molecule has 1 aliphatic carbocycles. The molecule has 30 heavy (non-hydrogen) atoms. The summed E-state index contributed by atoms with van der Waals surface area (Å²) in [5.41, 5.74) is 4.77. The van der Waals surface area contributed by atoms with E-state index in [-0.39, 0.29) is 18.5 Å². The maximum atomic E-state index is 12.4. The fourth-order valence-corrected chi connectivity index (χ4v) is 4.47. The van der Waals surface area contributed by atoms with Gasteiger partial charge in [-0.2, -0.15) is 0 Å². The van der Waals surface area contributed by atoms with Gasteiger partial charge in [-0.05, 0) is 50.1 Å². The predicted molar refractivity (Wildman–Crippen MR) is 115 cm³/mol. The van der Waals surface area contributed by atoms with Crippen LogP contribution >= 0.6 is 0 Å². The highest BCUT2D eigenvalue weighted by molar-refractivity contribution is 5.85. The van der Waals surface area contributed by atoms with Gasteiger partial charge in [0.05, 0.1) is 17.6 Å². The van der Waals surface area contributed by atoms with Gasteiger partial charge in [-0.1, -0.05) is 12.1 Å². The fourth-order valence-electron chi connectivity index (χ4n) is 4.47. The normalized spacial score (nSPS) is 17.8. The van der Waals surface area contributed by atoms with Crippen LogP contribution in [0.2, 0.25) is 0 Å². The zero-order chi connectivity index (χ0) is 20.8. The Morgan fingerprint density at radius 1 is 1.20 bits per heavy atom. The van der Waals surface area contributed by atoms with Gasteiger partial charge in [0.15, 0.2) is 0 Å². The molecule has 3 aromatic rings. The Balaban J connectivity index is 1.65. The Kier molecular flexibility index (Phi) is 4.53. The van der Waals surface area contributed by atoms with Crippen LogP contribution in [-0.4, -0.2) is 38.2 Å². The molecule has 0 radical (unpaired) electrons. The number of carboxylic acid groups (broad SMARTS) is 1. The Labute approximate surface area is 174 Å². The zero-order valence-electron chi connectivity index (χ0n) is 17.0. The van der Waals surface area contributed by atoms with Crippen LogP contribution in [-0.2, 0) is 24.2 Å². The van der Waals surface area contributed by atoms with Crippen LogP contribution < -0.4 is 10.5 Å². The van der Waals surface area contributed by atoms with Crippen molar-refractivity contribution in [1.29, 1.82) is 0 Å². The number of hydrogen-bond acceptors (Lipinski definition) is 5. The fraction of sp³-hybridized carbons (Fsp3) is 0.391. The lowest BCUT2D eigenvalue weighted by atomic mass is 10.0. The van der Waals surface area contributed by atoms with E-state index in [1.807, 2.05) is 18.2 Å². The molecular weight excluding hydrogens is 380 g/mol. The summed E-state index contributed by atoms with van der Waals surface area (Å²) in [5.74, 6) is -0.127. The number of fused-ring (bicyclic) bond motifs is 2. The predicted octanol–water partition coefficient (Wildman–Crippen LogP) is 3.02. The van der Waals surface area contributed by atoms with Crippen LogP contribution in [0.3, 0.4) is 0 Å². The summed E-state index contributed by atoms with van der Waals surface area (Å²) in [7, 11) is 0. The van der Waals surface area contributed by atoms with E-state index in [2.05, 4.69) is 11.8 Å². The second kappa shape index (κ2) is 7.23. The van der Waals surface area contributed by atoms with Crippen molar-refractivity contribution in [2.45, 2.75) is 51.6 Å². The van der Waals surface area contributed by atoms with Gasteiger partial charge in [-0.3, -0.25) is 9.59 Å². The first-order valence-corrected chi connectivity index (χ1v) is 10.5. The molecule has 1 fully saturated rings. The summed E-state index contributed by atoms with van der Waals surface area (Å²) in [6.45, 7) is 3.32. The average molecular weight is 404 g/mol. The van der Waals surface area contributed by atoms with E-state index in [1.165, 1.54) is 11.6 Å². The summed E-state index contributed by atoms with van der Waals surface area (Å²) in [6, 6.07) is 9.74. The molecule has 1 aliphatic heterocycles. The highest BCUT2D eigenvalue weighted by Gasteiger charge is 2.29. The summed E-state index contributed by atoms with van der Waals surface area (Å²) in [4.78, 5) is 35.6. The van der Waals surface area contributed by atoms with E-state index in [1.54, 1.807) is 10.6 Å². The first-order valence-electron chi connectivity index (χ1n) is 10.5. The molecule has 0 amide bonds. The highest BCUT2D eigenvalue weighted by atomic mass is 16.4. The third-order valence-corrected chi connectivity index (χ3v) is 6.31.